The van der Waals surface area contributed by atoms with Gasteiger partial charge < -0.3 is 5.11 Å². The second-order valence-corrected chi connectivity index (χ2v) is 6.00. The lowest BCUT2D eigenvalue weighted by Gasteiger charge is -2.31. The van der Waals surface area contributed by atoms with Gasteiger partial charge in [-0.3, -0.25) is 0 Å². The molecule has 110 valence electrons. The fourth-order valence-electron chi connectivity index (χ4n) is 3.08. The van der Waals surface area contributed by atoms with Crippen molar-refractivity contribution < 1.29 is 14.6 Å². The van der Waals surface area contributed by atoms with Crippen molar-refractivity contribution in [1.82, 2.24) is 0 Å². The second kappa shape index (κ2) is 5.98. The molecule has 2 atom stereocenters. The molecule has 2 aromatic rings. The van der Waals surface area contributed by atoms with E-state index in [-0.39, 0.29) is 5.92 Å². The quantitative estimate of drug-likeness (QED) is 0.874. The van der Waals surface area contributed by atoms with E-state index in [9.17, 15) is 5.11 Å². The molecule has 0 aromatic heterocycles. The third-order valence-corrected chi connectivity index (χ3v) is 4.07. The fraction of sp³-hybridized carbons (Fsp3) is 0.333. The summed E-state index contributed by atoms with van der Waals surface area (Å²) in [5, 5.41) is 10.1. The highest BCUT2D eigenvalue weighted by molar-refractivity contribution is 5.15. The van der Waals surface area contributed by atoms with Gasteiger partial charge in [0.2, 0.25) is 6.29 Å². The summed E-state index contributed by atoms with van der Waals surface area (Å²) in [5.74, 6) is 0.150. The summed E-state index contributed by atoms with van der Waals surface area (Å²) in [4.78, 5) is 5.96. The molecule has 3 rings (SSSR count). The van der Waals surface area contributed by atoms with Crippen LogP contribution in [-0.4, -0.2) is 22.6 Å². The van der Waals surface area contributed by atoms with E-state index in [2.05, 4.69) is 24.3 Å². The topological polar surface area (TPSA) is 29.5 Å². The molecule has 3 heteroatoms. The van der Waals surface area contributed by atoms with E-state index in [0.29, 0.717) is 4.65 Å². The maximum absolute atomic E-state index is 10.1. The Morgan fingerprint density at radius 1 is 0.952 bits per heavy atom. The van der Waals surface area contributed by atoms with Crippen LogP contribution in [0.5, 0.6) is 0 Å². The van der Waals surface area contributed by atoms with Gasteiger partial charge >= 0.3 is 0 Å². The maximum atomic E-state index is 10.1. The zero-order valence-corrected chi connectivity index (χ0v) is 12.4. The van der Waals surface area contributed by atoms with Crippen LogP contribution >= 0.6 is 0 Å². The summed E-state index contributed by atoms with van der Waals surface area (Å²) >= 11 is 0. The van der Waals surface area contributed by atoms with Gasteiger partial charge in [-0.2, -0.15) is 9.48 Å². The molecule has 1 fully saturated rings. The van der Waals surface area contributed by atoms with E-state index in [1.54, 1.807) is 0 Å². The van der Waals surface area contributed by atoms with Crippen LogP contribution in [0.25, 0.3) is 0 Å². The summed E-state index contributed by atoms with van der Waals surface area (Å²) in [6.45, 7) is 4.42. The minimum atomic E-state index is -0.683. The Labute approximate surface area is 126 Å². The molecule has 3 nitrogen and oxygen atoms in total. The first kappa shape index (κ1) is 14.3. The average Bonchev–Trinajstić information content (AvgIpc) is 2.75. The highest BCUT2D eigenvalue weighted by atomic mass is 16.8. The van der Waals surface area contributed by atoms with Crippen LogP contribution in [0.4, 0.5) is 0 Å². The number of hydrogen-bond donors (Lipinski definition) is 1. The van der Waals surface area contributed by atoms with Crippen LogP contribution < -0.4 is 0 Å². The van der Waals surface area contributed by atoms with E-state index < -0.39 is 6.29 Å². The van der Waals surface area contributed by atoms with Crippen LogP contribution in [0.3, 0.4) is 0 Å². The maximum Gasteiger partial charge on any atom is 0.221 e. The normalized spacial score (nSPS) is 24.1. The lowest BCUT2D eigenvalue weighted by atomic mass is 10.1. The number of hydroxylamine groups is 3. The lowest BCUT2D eigenvalue weighted by molar-refractivity contribution is -1.12. The van der Waals surface area contributed by atoms with Crippen LogP contribution in [0.2, 0.25) is 0 Å². The smallest absolute Gasteiger partial charge is 0.221 e. The van der Waals surface area contributed by atoms with Gasteiger partial charge in [0.15, 0.2) is 0 Å². The third-order valence-electron chi connectivity index (χ3n) is 4.07. The Balaban J connectivity index is 1.85. The number of benzene rings is 2. The highest BCUT2D eigenvalue weighted by Crippen LogP contribution is 2.31. The van der Waals surface area contributed by atoms with Gasteiger partial charge in [-0.1, -0.05) is 67.6 Å². The molecule has 0 spiro atoms. The first-order chi connectivity index (χ1) is 10.2. The van der Waals surface area contributed by atoms with Crippen molar-refractivity contribution in [2.75, 3.05) is 6.54 Å². The molecule has 0 unspecified atom stereocenters. The van der Waals surface area contributed by atoms with Crippen molar-refractivity contribution in [2.24, 2.45) is 5.92 Å². The Bertz CT molecular complexity index is 517. The Morgan fingerprint density at radius 3 is 1.81 bits per heavy atom. The predicted octanol–water partition coefficient (Wildman–Crippen LogP) is 3.10. The molecule has 1 aliphatic rings. The summed E-state index contributed by atoms with van der Waals surface area (Å²) < 4.78 is 0.455. The highest BCUT2D eigenvalue weighted by Gasteiger charge is 2.45. The Hall–Kier alpha value is -1.68. The lowest BCUT2D eigenvalue weighted by Crippen LogP contribution is -2.43. The first-order valence-corrected chi connectivity index (χ1v) is 7.47. The molecule has 21 heavy (non-hydrogen) atoms. The van der Waals surface area contributed by atoms with Gasteiger partial charge in [-0.25, -0.2) is 0 Å². The molecule has 0 bridgehead atoms. The van der Waals surface area contributed by atoms with Crippen molar-refractivity contribution in [2.45, 2.75) is 26.3 Å². The fourth-order valence-corrected chi connectivity index (χ4v) is 3.08. The molecular formula is C18H22NO2+. The standard InChI is InChI=1S/C18H22NO2/c1-15-12-19(21-18(15)20,13-16-8-4-2-5-9-16)14-17-10-6-3-7-11-17/h2-11,15,18,20H,12-14H2,1H3/q+1/t15-,18+/m0/s1. The van der Waals surface area contributed by atoms with Crippen LogP contribution in [0.15, 0.2) is 60.7 Å². The zero-order valence-electron chi connectivity index (χ0n) is 12.4. The number of hydrogen-bond acceptors (Lipinski definition) is 2. The van der Waals surface area contributed by atoms with Crippen molar-refractivity contribution in [3.05, 3.63) is 71.8 Å². The molecule has 2 aromatic carbocycles. The number of quaternary nitrogens is 1. The first-order valence-electron chi connectivity index (χ1n) is 7.47. The Morgan fingerprint density at radius 2 is 1.43 bits per heavy atom. The van der Waals surface area contributed by atoms with Crippen molar-refractivity contribution in [3.8, 4) is 0 Å². The molecule has 1 N–H and O–H groups in total. The van der Waals surface area contributed by atoms with E-state index in [1.165, 1.54) is 11.1 Å². The van der Waals surface area contributed by atoms with Crippen LogP contribution in [-0.2, 0) is 17.9 Å². The molecule has 0 radical (unpaired) electrons. The molecule has 0 aliphatic carbocycles. The summed E-state index contributed by atoms with van der Waals surface area (Å²) in [7, 11) is 0. The predicted molar refractivity (Wildman–Crippen MR) is 81.7 cm³/mol. The monoisotopic (exact) mass is 284 g/mol. The van der Waals surface area contributed by atoms with Gasteiger partial charge in [-0.05, 0) is 0 Å². The number of aliphatic hydroxyl groups is 1. The van der Waals surface area contributed by atoms with Crippen molar-refractivity contribution in [3.63, 3.8) is 0 Å². The summed E-state index contributed by atoms with van der Waals surface area (Å²) in [5.41, 5.74) is 2.46. The van der Waals surface area contributed by atoms with Crippen LogP contribution in [0, 0.1) is 5.92 Å². The van der Waals surface area contributed by atoms with Crippen molar-refractivity contribution >= 4 is 0 Å². The average molecular weight is 284 g/mol. The number of nitrogens with zero attached hydrogens (tertiary/aromatic N) is 1. The second-order valence-electron chi connectivity index (χ2n) is 6.00. The molecular weight excluding hydrogens is 262 g/mol. The zero-order chi connectivity index (χ0) is 14.7. The van der Waals surface area contributed by atoms with Crippen molar-refractivity contribution in [1.29, 1.82) is 0 Å². The summed E-state index contributed by atoms with van der Waals surface area (Å²) in [6.07, 6.45) is -0.683. The molecule has 1 heterocycles. The summed E-state index contributed by atoms with van der Waals surface area (Å²) in [6, 6.07) is 20.7. The van der Waals surface area contributed by atoms with E-state index >= 15 is 0 Å². The molecule has 1 saturated heterocycles. The Kier molecular flexibility index (Phi) is 4.06. The van der Waals surface area contributed by atoms with E-state index in [0.717, 1.165) is 19.6 Å². The van der Waals surface area contributed by atoms with E-state index in [1.807, 2.05) is 43.3 Å². The number of aliphatic hydroxyl groups excluding tert-OH is 1. The molecule has 0 saturated carbocycles. The number of rotatable bonds is 4. The van der Waals surface area contributed by atoms with Gasteiger partial charge in [0.05, 0.1) is 5.92 Å². The van der Waals surface area contributed by atoms with Gasteiger partial charge in [0, 0.05) is 11.1 Å². The van der Waals surface area contributed by atoms with Gasteiger partial charge in [-0.15, -0.1) is 0 Å². The largest absolute Gasteiger partial charge is 0.363 e. The van der Waals surface area contributed by atoms with Crippen LogP contribution in [0.1, 0.15) is 18.1 Å². The minimum absolute atomic E-state index is 0.150. The minimum Gasteiger partial charge on any atom is -0.363 e. The SMILES string of the molecule is C[C@H]1C[N+](Cc2ccccc2)(Cc2ccccc2)O[C@H]1O. The van der Waals surface area contributed by atoms with Gasteiger partial charge in [0.1, 0.15) is 19.6 Å². The molecule has 1 aliphatic heterocycles. The van der Waals surface area contributed by atoms with E-state index in [4.69, 9.17) is 4.84 Å². The van der Waals surface area contributed by atoms with Gasteiger partial charge in [0.25, 0.3) is 0 Å². The third kappa shape index (κ3) is 3.32. The molecule has 0 amide bonds.